The fraction of sp³-hybridized carbons (Fsp3) is 0.696. The summed E-state index contributed by atoms with van der Waals surface area (Å²) in [5.41, 5.74) is 0. The molecule has 11 nitrogen and oxygen atoms in total. The molecule has 0 aliphatic heterocycles. The fourth-order valence-electron chi connectivity index (χ4n) is 3.02. The first-order valence-corrected chi connectivity index (χ1v) is 13.2. The van der Waals surface area contributed by atoms with Gasteiger partial charge in [-0.3, -0.25) is 13.8 Å². The number of nitrogens with zero attached hydrogens (tertiary/aromatic N) is 1. The van der Waals surface area contributed by atoms with Crippen molar-refractivity contribution in [1.82, 2.24) is 0 Å². The molecule has 1 aromatic carbocycles. The summed E-state index contributed by atoms with van der Waals surface area (Å²) in [6.07, 6.45) is 0.668. The SMILES string of the molecule is CCCCCOc1cc(OC)cc(OCCCCOP(=O)(O)O[C@H](CC(=O)O)C(O)[N+](C)(C)C)c1. The number of carboxylic acids is 1. The Hall–Kier alpha value is -1.88. The summed E-state index contributed by atoms with van der Waals surface area (Å²) in [5, 5.41) is 19.3. The summed E-state index contributed by atoms with van der Waals surface area (Å²) in [7, 11) is 1.81. The topological polar surface area (TPSA) is 141 Å². The standard InChI is InChI=1S/C23H40NO10P/c1-6-7-8-11-31-19-14-18(30-5)15-20(16-19)32-12-9-10-13-33-35(28,29)34-21(17-22(25)26)23(27)24(2,3)4/h14-16,21,23,27H,6-13,17H2,1-5H3,(H-,25,26,28,29)/p+1/t21-,23?/m1/s1. The summed E-state index contributed by atoms with van der Waals surface area (Å²) in [6, 6.07) is 5.31. The van der Waals surface area contributed by atoms with E-state index < -0.39 is 32.5 Å². The molecule has 1 rings (SSSR count). The van der Waals surface area contributed by atoms with Crippen molar-refractivity contribution in [2.24, 2.45) is 0 Å². The van der Waals surface area contributed by atoms with Crippen LogP contribution in [-0.2, 0) is 18.4 Å². The highest BCUT2D eigenvalue weighted by Crippen LogP contribution is 2.46. The van der Waals surface area contributed by atoms with E-state index in [1.54, 1.807) is 46.5 Å². The molecule has 0 aliphatic rings. The van der Waals surface area contributed by atoms with Gasteiger partial charge >= 0.3 is 13.8 Å². The van der Waals surface area contributed by atoms with Crippen molar-refractivity contribution >= 4 is 13.8 Å². The molecule has 0 aliphatic carbocycles. The molecule has 2 unspecified atom stereocenters. The van der Waals surface area contributed by atoms with E-state index in [0.717, 1.165) is 19.3 Å². The summed E-state index contributed by atoms with van der Waals surface area (Å²) in [6.45, 7) is 2.95. The first kappa shape index (κ1) is 31.2. The zero-order valence-corrected chi connectivity index (χ0v) is 22.2. The van der Waals surface area contributed by atoms with Gasteiger partial charge in [-0.1, -0.05) is 19.8 Å². The van der Waals surface area contributed by atoms with E-state index in [1.165, 1.54) is 0 Å². The number of ether oxygens (including phenoxy) is 3. The molecule has 3 N–H and O–H groups in total. The maximum Gasteiger partial charge on any atom is 0.472 e. The molecular formula is C23H41NO10P+. The van der Waals surface area contributed by atoms with E-state index in [-0.39, 0.29) is 11.1 Å². The maximum atomic E-state index is 12.3. The molecule has 12 heteroatoms. The highest BCUT2D eigenvalue weighted by atomic mass is 31.2. The minimum Gasteiger partial charge on any atom is -0.496 e. The van der Waals surface area contributed by atoms with Gasteiger partial charge in [0.25, 0.3) is 0 Å². The maximum absolute atomic E-state index is 12.3. The number of hydrogen-bond acceptors (Lipinski definition) is 8. The molecule has 0 saturated heterocycles. The van der Waals surface area contributed by atoms with Crippen molar-refractivity contribution in [3.63, 3.8) is 0 Å². The fourth-order valence-corrected chi connectivity index (χ4v) is 3.96. The number of likely N-dealkylation sites (N-methyl/N-ethyl adjacent to an activating group) is 1. The Morgan fingerprint density at radius 2 is 1.49 bits per heavy atom. The lowest BCUT2D eigenvalue weighted by Gasteiger charge is -2.34. The predicted octanol–water partition coefficient (Wildman–Crippen LogP) is 3.42. The molecule has 3 atom stereocenters. The molecule has 0 saturated carbocycles. The normalized spacial score (nSPS) is 15.2. The Balaban J connectivity index is 2.49. The molecular weight excluding hydrogens is 481 g/mol. The van der Waals surface area contributed by atoms with E-state index in [4.69, 9.17) is 28.4 Å². The number of carboxylic acid groups (broad SMARTS) is 1. The zero-order chi connectivity index (χ0) is 26.5. The predicted molar refractivity (Wildman–Crippen MR) is 130 cm³/mol. The van der Waals surface area contributed by atoms with Crippen LogP contribution in [0.2, 0.25) is 0 Å². The number of unbranched alkanes of at least 4 members (excludes halogenated alkanes) is 3. The first-order valence-electron chi connectivity index (χ1n) is 11.7. The van der Waals surface area contributed by atoms with Crippen LogP contribution in [-0.4, -0.2) is 86.0 Å². The Kier molecular flexibility index (Phi) is 13.6. The Morgan fingerprint density at radius 1 is 0.971 bits per heavy atom. The van der Waals surface area contributed by atoms with Crippen LogP contribution in [0.4, 0.5) is 0 Å². The van der Waals surface area contributed by atoms with Crippen molar-refractivity contribution in [3.05, 3.63) is 18.2 Å². The van der Waals surface area contributed by atoms with Crippen molar-refractivity contribution in [2.75, 3.05) is 48.1 Å². The second-order valence-corrected chi connectivity index (χ2v) is 10.4. The monoisotopic (exact) mass is 522 g/mol. The Labute approximate surface area is 207 Å². The van der Waals surface area contributed by atoms with Crippen LogP contribution in [0.5, 0.6) is 17.2 Å². The number of benzene rings is 1. The second kappa shape index (κ2) is 15.3. The number of aliphatic hydroxyl groups excluding tert-OH is 1. The molecule has 0 amide bonds. The lowest BCUT2D eigenvalue weighted by atomic mass is 10.2. The van der Waals surface area contributed by atoms with Crippen LogP contribution in [0.1, 0.15) is 45.4 Å². The molecule has 0 radical (unpaired) electrons. The number of quaternary nitrogens is 1. The van der Waals surface area contributed by atoms with Gasteiger partial charge in [-0.05, 0) is 19.3 Å². The van der Waals surface area contributed by atoms with Crippen LogP contribution in [0.15, 0.2) is 18.2 Å². The number of hydrogen-bond donors (Lipinski definition) is 3. The minimum atomic E-state index is -4.58. The van der Waals surface area contributed by atoms with Crippen LogP contribution in [0, 0.1) is 0 Å². The molecule has 0 aromatic heterocycles. The van der Waals surface area contributed by atoms with Crippen LogP contribution >= 0.6 is 7.82 Å². The third-order valence-electron chi connectivity index (χ3n) is 4.94. The molecule has 202 valence electrons. The number of methoxy groups -OCH3 is 1. The first-order chi connectivity index (χ1) is 16.4. The number of aliphatic carboxylic acids is 1. The summed E-state index contributed by atoms with van der Waals surface area (Å²) in [5.74, 6) is 0.579. The lowest BCUT2D eigenvalue weighted by molar-refractivity contribution is -0.922. The molecule has 35 heavy (non-hydrogen) atoms. The number of phosphoric acid groups is 1. The summed E-state index contributed by atoms with van der Waals surface area (Å²) < 4.78 is 38.9. The van der Waals surface area contributed by atoms with Gasteiger partial charge in [0.05, 0.1) is 54.5 Å². The highest BCUT2D eigenvalue weighted by molar-refractivity contribution is 7.47. The van der Waals surface area contributed by atoms with Crippen molar-refractivity contribution in [1.29, 1.82) is 0 Å². The molecule has 0 fully saturated rings. The Bertz CT molecular complexity index is 814. The number of aliphatic hydroxyl groups is 1. The van der Waals surface area contributed by atoms with E-state index in [2.05, 4.69) is 6.92 Å². The average molecular weight is 523 g/mol. The quantitative estimate of drug-likeness (QED) is 0.107. The van der Waals surface area contributed by atoms with Gasteiger partial charge in [0.2, 0.25) is 6.23 Å². The van der Waals surface area contributed by atoms with Crippen molar-refractivity contribution in [3.8, 4) is 17.2 Å². The van der Waals surface area contributed by atoms with E-state index in [1.807, 2.05) is 0 Å². The largest absolute Gasteiger partial charge is 0.496 e. The van der Waals surface area contributed by atoms with E-state index in [0.29, 0.717) is 43.3 Å². The van der Waals surface area contributed by atoms with Gasteiger partial charge in [-0.25, -0.2) is 4.57 Å². The van der Waals surface area contributed by atoms with Gasteiger partial charge in [-0.15, -0.1) is 0 Å². The number of rotatable bonds is 19. The number of carbonyl (C=O) groups is 1. The second-order valence-electron chi connectivity index (χ2n) is 9.03. The van der Waals surface area contributed by atoms with E-state index >= 15 is 0 Å². The van der Waals surface area contributed by atoms with Gasteiger partial charge in [0.15, 0.2) is 6.10 Å². The molecule has 0 bridgehead atoms. The smallest absolute Gasteiger partial charge is 0.472 e. The third-order valence-corrected chi connectivity index (χ3v) is 5.98. The molecule has 0 spiro atoms. The van der Waals surface area contributed by atoms with Gasteiger partial charge in [0, 0.05) is 18.2 Å². The summed E-state index contributed by atoms with van der Waals surface area (Å²) in [4.78, 5) is 21.1. The van der Waals surface area contributed by atoms with Crippen molar-refractivity contribution in [2.45, 2.75) is 57.8 Å². The number of phosphoric ester groups is 1. The Morgan fingerprint density at radius 3 is 1.97 bits per heavy atom. The lowest BCUT2D eigenvalue weighted by Crippen LogP contribution is -2.52. The zero-order valence-electron chi connectivity index (χ0n) is 21.3. The van der Waals surface area contributed by atoms with Crippen molar-refractivity contribution < 1.29 is 52.2 Å². The van der Waals surface area contributed by atoms with Crippen LogP contribution in [0.3, 0.4) is 0 Å². The minimum absolute atomic E-state index is 0.0783. The van der Waals surface area contributed by atoms with Gasteiger partial charge in [0.1, 0.15) is 17.2 Å². The van der Waals surface area contributed by atoms with Crippen LogP contribution in [0.25, 0.3) is 0 Å². The molecule has 1 aromatic rings. The summed E-state index contributed by atoms with van der Waals surface area (Å²) >= 11 is 0. The van der Waals surface area contributed by atoms with Crippen LogP contribution < -0.4 is 14.2 Å². The van der Waals surface area contributed by atoms with E-state index in [9.17, 15) is 19.4 Å². The highest BCUT2D eigenvalue weighted by Gasteiger charge is 2.39. The van der Waals surface area contributed by atoms with Gasteiger partial charge in [-0.2, -0.15) is 0 Å². The molecule has 0 heterocycles. The average Bonchev–Trinajstić information content (AvgIpc) is 2.76. The van der Waals surface area contributed by atoms with Gasteiger partial charge < -0.3 is 33.8 Å². The third kappa shape index (κ3) is 13.1.